The number of nitrogens with zero attached hydrogens (tertiary/aromatic N) is 1. The van der Waals surface area contributed by atoms with Gasteiger partial charge in [-0.2, -0.15) is 0 Å². The molecule has 5 heteroatoms. The fraction of sp³-hybridized carbons (Fsp3) is 0.400. The summed E-state index contributed by atoms with van der Waals surface area (Å²) in [4.78, 5) is 4.55. The van der Waals surface area contributed by atoms with Gasteiger partial charge in [-0.25, -0.2) is 4.98 Å². The minimum Gasteiger partial charge on any atom is -0.494 e. The number of nitrogens with one attached hydrogen (secondary N) is 1. The van der Waals surface area contributed by atoms with Crippen molar-refractivity contribution in [3.8, 4) is 5.75 Å². The highest BCUT2D eigenvalue weighted by Crippen LogP contribution is 2.29. The van der Waals surface area contributed by atoms with Gasteiger partial charge in [-0.15, -0.1) is 0 Å². The molecule has 5 nitrogen and oxygen atoms in total. The van der Waals surface area contributed by atoms with Crippen LogP contribution in [0.5, 0.6) is 5.75 Å². The predicted molar refractivity (Wildman–Crippen MR) is 79.3 cm³/mol. The maximum Gasteiger partial charge on any atom is 0.173 e. The van der Waals surface area contributed by atoms with Crippen molar-refractivity contribution in [2.75, 3.05) is 33.2 Å². The SMILES string of the molecule is COc1cccc2c(NCC(OC)OC)cc(C)nc12. The van der Waals surface area contributed by atoms with Crippen molar-refractivity contribution in [1.82, 2.24) is 4.98 Å². The van der Waals surface area contributed by atoms with E-state index in [0.29, 0.717) is 6.54 Å². The number of para-hydroxylation sites is 1. The summed E-state index contributed by atoms with van der Waals surface area (Å²) < 4.78 is 15.7. The van der Waals surface area contributed by atoms with E-state index in [-0.39, 0.29) is 6.29 Å². The lowest BCUT2D eigenvalue weighted by Crippen LogP contribution is -2.23. The fourth-order valence-corrected chi connectivity index (χ4v) is 2.12. The van der Waals surface area contributed by atoms with Gasteiger partial charge >= 0.3 is 0 Å². The summed E-state index contributed by atoms with van der Waals surface area (Å²) in [6.45, 7) is 2.52. The van der Waals surface area contributed by atoms with Gasteiger partial charge in [-0.1, -0.05) is 12.1 Å². The van der Waals surface area contributed by atoms with Gasteiger partial charge in [-0.3, -0.25) is 0 Å². The second-order valence-electron chi connectivity index (χ2n) is 4.45. The summed E-state index contributed by atoms with van der Waals surface area (Å²) >= 11 is 0. The highest BCUT2D eigenvalue weighted by Gasteiger charge is 2.10. The van der Waals surface area contributed by atoms with E-state index in [0.717, 1.165) is 28.0 Å². The third-order valence-corrected chi connectivity index (χ3v) is 3.14. The second kappa shape index (κ2) is 6.54. The molecule has 1 aromatic carbocycles. The van der Waals surface area contributed by atoms with Crippen LogP contribution in [0, 0.1) is 6.92 Å². The van der Waals surface area contributed by atoms with Crippen molar-refractivity contribution < 1.29 is 14.2 Å². The third-order valence-electron chi connectivity index (χ3n) is 3.14. The van der Waals surface area contributed by atoms with Gasteiger partial charge in [0.1, 0.15) is 11.3 Å². The molecule has 0 saturated heterocycles. The molecule has 0 fully saturated rings. The van der Waals surface area contributed by atoms with Crippen LogP contribution in [-0.2, 0) is 9.47 Å². The van der Waals surface area contributed by atoms with E-state index in [4.69, 9.17) is 14.2 Å². The van der Waals surface area contributed by atoms with E-state index < -0.39 is 0 Å². The van der Waals surface area contributed by atoms with Crippen LogP contribution in [0.25, 0.3) is 10.9 Å². The maximum absolute atomic E-state index is 5.37. The number of fused-ring (bicyclic) bond motifs is 1. The number of benzene rings is 1. The van der Waals surface area contributed by atoms with Crippen molar-refractivity contribution in [3.05, 3.63) is 30.0 Å². The van der Waals surface area contributed by atoms with Gasteiger partial charge in [0.05, 0.1) is 13.7 Å². The average Bonchev–Trinajstić information content (AvgIpc) is 2.47. The Morgan fingerprint density at radius 3 is 2.60 bits per heavy atom. The molecule has 0 aliphatic carbocycles. The molecular formula is C15H20N2O3. The Labute approximate surface area is 118 Å². The summed E-state index contributed by atoms with van der Waals surface area (Å²) in [5.74, 6) is 0.768. The number of anilines is 1. The first-order valence-corrected chi connectivity index (χ1v) is 6.43. The van der Waals surface area contributed by atoms with Crippen LogP contribution in [0.15, 0.2) is 24.3 Å². The van der Waals surface area contributed by atoms with E-state index in [1.165, 1.54) is 0 Å². The van der Waals surface area contributed by atoms with Crippen LogP contribution in [-0.4, -0.2) is 39.1 Å². The monoisotopic (exact) mass is 276 g/mol. The highest BCUT2D eigenvalue weighted by atomic mass is 16.7. The van der Waals surface area contributed by atoms with Crippen LogP contribution in [0.3, 0.4) is 0 Å². The van der Waals surface area contributed by atoms with Crippen LogP contribution >= 0.6 is 0 Å². The number of aryl methyl sites for hydroxylation is 1. The summed E-state index contributed by atoms with van der Waals surface area (Å²) in [6.07, 6.45) is -0.288. The molecular weight excluding hydrogens is 256 g/mol. The van der Waals surface area contributed by atoms with Gasteiger partial charge in [0.25, 0.3) is 0 Å². The first-order chi connectivity index (χ1) is 9.69. The molecule has 0 spiro atoms. The Bertz CT molecular complexity index is 583. The molecule has 108 valence electrons. The van der Waals surface area contributed by atoms with E-state index in [9.17, 15) is 0 Å². The average molecular weight is 276 g/mol. The van der Waals surface area contributed by atoms with Crippen molar-refractivity contribution in [3.63, 3.8) is 0 Å². The van der Waals surface area contributed by atoms with Crippen molar-refractivity contribution in [2.24, 2.45) is 0 Å². The Morgan fingerprint density at radius 2 is 1.95 bits per heavy atom. The predicted octanol–water partition coefficient (Wildman–Crippen LogP) is 2.58. The van der Waals surface area contributed by atoms with Gasteiger partial charge in [-0.05, 0) is 19.1 Å². The number of hydrogen-bond acceptors (Lipinski definition) is 5. The zero-order chi connectivity index (χ0) is 14.5. The van der Waals surface area contributed by atoms with Gasteiger partial charge in [0, 0.05) is 31.0 Å². The number of hydrogen-bond donors (Lipinski definition) is 1. The smallest absolute Gasteiger partial charge is 0.173 e. The van der Waals surface area contributed by atoms with E-state index in [1.807, 2.05) is 31.2 Å². The molecule has 0 aliphatic rings. The molecule has 1 aromatic heterocycles. The molecule has 1 heterocycles. The molecule has 0 bridgehead atoms. The molecule has 0 amide bonds. The quantitative estimate of drug-likeness (QED) is 0.822. The maximum atomic E-state index is 5.37. The van der Waals surface area contributed by atoms with Crippen LogP contribution in [0.1, 0.15) is 5.69 Å². The molecule has 0 unspecified atom stereocenters. The zero-order valence-electron chi connectivity index (χ0n) is 12.3. The lowest BCUT2D eigenvalue weighted by atomic mass is 10.1. The minimum absolute atomic E-state index is 0.288. The lowest BCUT2D eigenvalue weighted by molar-refractivity contribution is -0.0913. The number of pyridine rings is 1. The number of rotatable bonds is 6. The summed E-state index contributed by atoms with van der Waals surface area (Å²) in [7, 11) is 4.89. The molecule has 20 heavy (non-hydrogen) atoms. The van der Waals surface area contributed by atoms with E-state index in [2.05, 4.69) is 10.3 Å². The minimum atomic E-state index is -0.288. The molecule has 0 saturated carbocycles. The Balaban J connectivity index is 2.37. The number of aromatic nitrogens is 1. The first-order valence-electron chi connectivity index (χ1n) is 6.43. The van der Waals surface area contributed by atoms with Gasteiger partial charge < -0.3 is 19.5 Å². The molecule has 2 aromatic rings. The largest absolute Gasteiger partial charge is 0.494 e. The zero-order valence-corrected chi connectivity index (χ0v) is 12.3. The Kier molecular flexibility index (Phi) is 4.76. The van der Waals surface area contributed by atoms with Gasteiger partial charge in [0.2, 0.25) is 0 Å². The molecule has 0 aliphatic heterocycles. The normalized spacial score (nSPS) is 11.1. The summed E-state index contributed by atoms with van der Waals surface area (Å²) in [5.41, 5.74) is 2.77. The third kappa shape index (κ3) is 3.00. The van der Waals surface area contributed by atoms with Crippen molar-refractivity contribution in [1.29, 1.82) is 0 Å². The van der Waals surface area contributed by atoms with Crippen LogP contribution in [0.2, 0.25) is 0 Å². The van der Waals surface area contributed by atoms with Crippen molar-refractivity contribution >= 4 is 16.6 Å². The Hall–Kier alpha value is -1.85. The molecule has 0 atom stereocenters. The number of methoxy groups -OCH3 is 3. The lowest BCUT2D eigenvalue weighted by Gasteiger charge is -2.17. The summed E-state index contributed by atoms with van der Waals surface area (Å²) in [5, 5.41) is 4.35. The topological polar surface area (TPSA) is 52.6 Å². The van der Waals surface area contributed by atoms with E-state index >= 15 is 0 Å². The fourth-order valence-electron chi connectivity index (χ4n) is 2.12. The summed E-state index contributed by atoms with van der Waals surface area (Å²) in [6, 6.07) is 7.88. The van der Waals surface area contributed by atoms with Crippen LogP contribution < -0.4 is 10.1 Å². The number of ether oxygens (including phenoxy) is 3. The standard InChI is InChI=1S/C15H20N2O3/c1-10-8-12(16-9-14(19-3)20-4)11-6-5-7-13(18-2)15(11)17-10/h5-8,14H,9H2,1-4H3,(H,16,17). The molecule has 2 rings (SSSR count). The van der Waals surface area contributed by atoms with Crippen molar-refractivity contribution in [2.45, 2.75) is 13.2 Å². The second-order valence-corrected chi connectivity index (χ2v) is 4.45. The Morgan fingerprint density at radius 1 is 1.20 bits per heavy atom. The molecule has 0 radical (unpaired) electrons. The first kappa shape index (κ1) is 14.6. The van der Waals surface area contributed by atoms with Crippen LogP contribution in [0.4, 0.5) is 5.69 Å². The highest BCUT2D eigenvalue weighted by molar-refractivity contribution is 5.95. The van der Waals surface area contributed by atoms with Gasteiger partial charge in [0.15, 0.2) is 6.29 Å². The molecule has 1 N–H and O–H groups in total. The van der Waals surface area contributed by atoms with E-state index in [1.54, 1.807) is 21.3 Å².